The maximum Gasteiger partial charge on any atom is 0.308 e. The second kappa shape index (κ2) is 6.37. The lowest BCUT2D eigenvalue weighted by Gasteiger charge is -2.14. The van der Waals surface area contributed by atoms with E-state index in [0.717, 1.165) is 0 Å². The molecule has 3 aromatic rings. The number of carbonyl (C=O) groups excluding carboxylic acids is 1. The van der Waals surface area contributed by atoms with Gasteiger partial charge in [0.15, 0.2) is 0 Å². The van der Waals surface area contributed by atoms with Gasteiger partial charge in [0, 0.05) is 29.1 Å². The number of rotatable bonds is 3. The van der Waals surface area contributed by atoms with Gasteiger partial charge in [0.2, 0.25) is 0 Å². The van der Waals surface area contributed by atoms with Crippen molar-refractivity contribution in [1.29, 1.82) is 0 Å². The molecular formula is C18H14ClNO4. The van der Waals surface area contributed by atoms with Crippen molar-refractivity contribution < 1.29 is 14.3 Å². The molecule has 0 radical (unpaired) electrons. The molecule has 0 unspecified atom stereocenters. The van der Waals surface area contributed by atoms with E-state index in [0.29, 0.717) is 27.4 Å². The standard InChI is InChI=1S/C18H14ClNO4/c1-11(21)24-17-10-18(22)20(13-4-6-14(23-2)7-5-13)16-8-3-12(19)9-15(16)17/h3-10H,1-2H3. The SMILES string of the molecule is COc1ccc(-n2c(=O)cc(OC(C)=O)c3cc(Cl)ccc32)cc1. The first kappa shape index (κ1) is 16.1. The van der Waals surface area contributed by atoms with Gasteiger partial charge in [-0.2, -0.15) is 0 Å². The Morgan fingerprint density at radius 2 is 1.79 bits per heavy atom. The molecule has 3 rings (SSSR count). The third-order valence-corrected chi connectivity index (χ3v) is 3.76. The fraction of sp³-hybridized carbons (Fsp3) is 0.111. The van der Waals surface area contributed by atoms with Crippen molar-refractivity contribution in [1.82, 2.24) is 4.57 Å². The summed E-state index contributed by atoms with van der Waals surface area (Å²) in [6.07, 6.45) is 0. The van der Waals surface area contributed by atoms with E-state index in [2.05, 4.69) is 0 Å². The Hall–Kier alpha value is -2.79. The predicted molar refractivity (Wildman–Crippen MR) is 92.4 cm³/mol. The van der Waals surface area contributed by atoms with Gasteiger partial charge in [-0.3, -0.25) is 14.2 Å². The molecule has 122 valence electrons. The number of ether oxygens (including phenoxy) is 2. The Labute approximate surface area is 143 Å². The van der Waals surface area contributed by atoms with E-state index in [1.807, 2.05) is 0 Å². The topological polar surface area (TPSA) is 57.5 Å². The second-order valence-electron chi connectivity index (χ2n) is 5.14. The third-order valence-electron chi connectivity index (χ3n) is 3.52. The zero-order chi connectivity index (χ0) is 17.3. The molecule has 0 saturated carbocycles. The summed E-state index contributed by atoms with van der Waals surface area (Å²) in [6.45, 7) is 1.28. The largest absolute Gasteiger partial charge is 0.497 e. The number of hydrogen-bond acceptors (Lipinski definition) is 4. The number of aromatic nitrogens is 1. The minimum atomic E-state index is -0.502. The van der Waals surface area contributed by atoms with E-state index >= 15 is 0 Å². The monoisotopic (exact) mass is 343 g/mol. The Kier molecular flexibility index (Phi) is 4.27. The summed E-state index contributed by atoms with van der Waals surface area (Å²) in [6, 6.07) is 13.4. The summed E-state index contributed by atoms with van der Waals surface area (Å²) in [5, 5.41) is 1.06. The van der Waals surface area contributed by atoms with Crippen molar-refractivity contribution in [2.45, 2.75) is 6.92 Å². The Morgan fingerprint density at radius 3 is 2.42 bits per heavy atom. The number of benzene rings is 2. The summed E-state index contributed by atoms with van der Waals surface area (Å²) in [5.41, 5.74) is 0.946. The first-order valence-electron chi connectivity index (χ1n) is 7.18. The van der Waals surface area contributed by atoms with Crippen LogP contribution in [0.1, 0.15) is 6.92 Å². The van der Waals surface area contributed by atoms with Crippen molar-refractivity contribution in [3.63, 3.8) is 0 Å². The Balaban J connectivity index is 2.30. The molecule has 0 spiro atoms. The van der Waals surface area contributed by atoms with Gasteiger partial charge < -0.3 is 9.47 Å². The molecule has 0 aliphatic heterocycles. The lowest BCUT2D eigenvalue weighted by atomic mass is 10.1. The zero-order valence-corrected chi connectivity index (χ0v) is 13.8. The van der Waals surface area contributed by atoms with Crippen molar-refractivity contribution in [3.8, 4) is 17.2 Å². The van der Waals surface area contributed by atoms with Crippen LogP contribution in [0.15, 0.2) is 53.3 Å². The highest BCUT2D eigenvalue weighted by Gasteiger charge is 2.13. The van der Waals surface area contributed by atoms with Gasteiger partial charge in [-0.05, 0) is 42.5 Å². The van der Waals surface area contributed by atoms with Gasteiger partial charge in [0.1, 0.15) is 11.5 Å². The highest BCUT2D eigenvalue weighted by atomic mass is 35.5. The van der Waals surface area contributed by atoms with Crippen LogP contribution in [0.5, 0.6) is 11.5 Å². The van der Waals surface area contributed by atoms with Gasteiger partial charge >= 0.3 is 5.97 Å². The number of nitrogens with zero attached hydrogens (tertiary/aromatic N) is 1. The average molecular weight is 344 g/mol. The Morgan fingerprint density at radius 1 is 1.08 bits per heavy atom. The number of pyridine rings is 1. The molecule has 1 aromatic heterocycles. The molecule has 2 aromatic carbocycles. The molecular weight excluding hydrogens is 330 g/mol. The first-order valence-corrected chi connectivity index (χ1v) is 7.55. The van der Waals surface area contributed by atoms with Crippen LogP contribution in [0.3, 0.4) is 0 Å². The van der Waals surface area contributed by atoms with E-state index in [-0.39, 0.29) is 11.3 Å². The fourth-order valence-corrected chi connectivity index (χ4v) is 2.68. The minimum Gasteiger partial charge on any atom is -0.497 e. The number of carbonyl (C=O) groups is 1. The van der Waals surface area contributed by atoms with Crippen LogP contribution < -0.4 is 15.0 Å². The van der Waals surface area contributed by atoms with Crippen LogP contribution in [0, 0.1) is 0 Å². The van der Waals surface area contributed by atoms with Crippen molar-refractivity contribution in [3.05, 3.63) is 63.9 Å². The smallest absolute Gasteiger partial charge is 0.308 e. The van der Waals surface area contributed by atoms with E-state index in [1.165, 1.54) is 17.6 Å². The molecule has 0 fully saturated rings. The van der Waals surface area contributed by atoms with Gasteiger partial charge in [-0.1, -0.05) is 11.6 Å². The molecule has 0 saturated heterocycles. The highest BCUT2D eigenvalue weighted by Crippen LogP contribution is 2.29. The van der Waals surface area contributed by atoms with Crippen LogP contribution in [0.2, 0.25) is 5.02 Å². The highest BCUT2D eigenvalue weighted by molar-refractivity contribution is 6.31. The normalized spacial score (nSPS) is 10.6. The van der Waals surface area contributed by atoms with Crippen LogP contribution in [0.4, 0.5) is 0 Å². The summed E-state index contributed by atoms with van der Waals surface area (Å²) >= 11 is 6.06. The number of hydrogen-bond donors (Lipinski definition) is 0. The number of methoxy groups -OCH3 is 1. The van der Waals surface area contributed by atoms with Crippen molar-refractivity contribution in [2.75, 3.05) is 7.11 Å². The van der Waals surface area contributed by atoms with Crippen LogP contribution in [-0.2, 0) is 4.79 Å². The molecule has 6 heteroatoms. The van der Waals surface area contributed by atoms with E-state index in [1.54, 1.807) is 49.6 Å². The maximum atomic E-state index is 12.6. The molecule has 24 heavy (non-hydrogen) atoms. The summed E-state index contributed by atoms with van der Waals surface area (Å²) in [4.78, 5) is 23.9. The zero-order valence-electron chi connectivity index (χ0n) is 13.1. The number of fused-ring (bicyclic) bond motifs is 1. The first-order chi connectivity index (χ1) is 11.5. The predicted octanol–water partition coefficient (Wildman–Crippen LogP) is 3.58. The lowest BCUT2D eigenvalue weighted by Crippen LogP contribution is -2.19. The van der Waals surface area contributed by atoms with Gasteiger partial charge in [0.25, 0.3) is 5.56 Å². The van der Waals surface area contributed by atoms with E-state index < -0.39 is 5.97 Å². The molecule has 0 bridgehead atoms. The van der Waals surface area contributed by atoms with Gasteiger partial charge in [-0.25, -0.2) is 0 Å². The number of halogens is 1. The van der Waals surface area contributed by atoms with Crippen LogP contribution in [-0.4, -0.2) is 17.6 Å². The molecule has 0 N–H and O–H groups in total. The molecule has 5 nitrogen and oxygen atoms in total. The van der Waals surface area contributed by atoms with Crippen molar-refractivity contribution in [2.24, 2.45) is 0 Å². The quantitative estimate of drug-likeness (QED) is 0.682. The van der Waals surface area contributed by atoms with Gasteiger partial charge in [0.05, 0.1) is 12.6 Å². The molecule has 0 amide bonds. The summed E-state index contributed by atoms with van der Waals surface area (Å²) in [7, 11) is 1.58. The molecule has 0 aliphatic rings. The van der Waals surface area contributed by atoms with Gasteiger partial charge in [-0.15, -0.1) is 0 Å². The summed E-state index contributed by atoms with van der Waals surface area (Å²) in [5.74, 6) is 0.378. The number of esters is 1. The van der Waals surface area contributed by atoms with Crippen LogP contribution >= 0.6 is 11.6 Å². The minimum absolute atomic E-state index is 0.190. The fourth-order valence-electron chi connectivity index (χ4n) is 2.51. The van der Waals surface area contributed by atoms with E-state index in [9.17, 15) is 9.59 Å². The molecule has 1 heterocycles. The third kappa shape index (κ3) is 2.98. The maximum absolute atomic E-state index is 12.6. The Bertz CT molecular complexity index is 977. The lowest BCUT2D eigenvalue weighted by molar-refractivity contribution is -0.131. The van der Waals surface area contributed by atoms with Crippen LogP contribution in [0.25, 0.3) is 16.6 Å². The molecule has 0 atom stereocenters. The second-order valence-corrected chi connectivity index (χ2v) is 5.57. The average Bonchev–Trinajstić information content (AvgIpc) is 2.55. The van der Waals surface area contributed by atoms with E-state index in [4.69, 9.17) is 21.1 Å². The van der Waals surface area contributed by atoms with Crippen molar-refractivity contribution >= 4 is 28.5 Å². The molecule has 0 aliphatic carbocycles. The summed E-state index contributed by atoms with van der Waals surface area (Å²) < 4.78 is 11.8.